The van der Waals surface area contributed by atoms with E-state index >= 15 is 0 Å². The van der Waals surface area contributed by atoms with E-state index in [1.54, 1.807) is 0 Å². The molecule has 6 rings (SSSR count). The molecule has 2 aromatic carbocycles. The van der Waals surface area contributed by atoms with Gasteiger partial charge in [0.1, 0.15) is 23.8 Å². The molecule has 4 aromatic rings. The third-order valence-corrected chi connectivity index (χ3v) is 7.70. The standard InChI is InChI=1S/C30H26F3N5O4.H2S/c31-22-3-2-20(16-42-26-4-1-17(12-34)9-23(26)32)35-28(22)18-5-7-37(13-18)15-27-36-29-24(33)10-19(30(39)40)11-25(29)38(27)14-21-6-8-41-21;/h1-4,9-11,18,21H,5-8,13-16H2,(H,39,40);1H2/t18?,21-;/m0./s1. The van der Waals surface area contributed by atoms with Crippen molar-refractivity contribution >= 4 is 30.5 Å². The maximum Gasteiger partial charge on any atom is 0.335 e. The largest absolute Gasteiger partial charge is 0.484 e. The Kier molecular flexibility index (Phi) is 8.91. The highest BCUT2D eigenvalue weighted by atomic mass is 32.1. The third-order valence-electron chi connectivity index (χ3n) is 7.70. The van der Waals surface area contributed by atoms with Gasteiger partial charge in [0.25, 0.3) is 0 Å². The Balaban J connectivity index is 0.00000368. The van der Waals surface area contributed by atoms with Crippen molar-refractivity contribution in [3.05, 3.63) is 88.3 Å². The number of likely N-dealkylation sites (tertiary alicyclic amines) is 1. The SMILES string of the molecule is N#Cc1ccc(OCc2ccc(F)c(C3CCN(Cc4nc5c(F)cc(C(=O)O)cc5n4C[C@@H]4CCO4)C3)n2)c(F)c1.S. The zero-order chi connectivity index (χ0) is 29.4. The van der Waals surface area contributed by atoms with Gasteiger partial charge in [-0.05, 0) is 61.9 Å². The van der Waals surface area contributed by atoms with Gasteiger partial charge < -0.3 is 19.1 Å². The first-order valence-electron chi connectivity index (χ1n) is 13.5. The maximum atomic E-state index is 14.9. The van der Waals surface area contributed by atoms with Crippen LogP contribution in [-0.2, 0) is 24.4 Å². The Morgan fingerprint density at radius 2 is 1.91 bits per heavy atom. The van der Waals surface area contributed by atoms with Crippen LogP contribution in [0.4, 0.5) is 13.2 Å². The van der Waals surface area contributed by atoms with Gasteiger partial charge in [0.2, 0.25) is 0 Å². The molecule has 1 N–H and O–H groups in total. The number of rotatable bonds is 9. The molecule has 0 bridgehead atoms. The summed E-state index contributed by atoms with van der Waals surface area (Å²) in [5.74, 6) is -2.73. The summed E-state index contributed by atoms with van der Waals surface area (Å²) in [4.78, 5) is 22.6. The van der Waals surface area contributed by atoms with E-state index in [9.17, 15) is 23.1 Å². The molecule has 13 heteroatoms. The van der Waals surface area contributed by atoms with Gasteiger partial charge in [-0.15, -0.1) is 0 Å². The van der Waals surface area contributed by atoms with Crippen LogP contribution < -0.4 is 4.74 Å². The van der Waals surface area contributed by atoms with Crippen molar-refractivity contribution in [1.29, 1.82) is 5.26 Å². The van der Waals surface area contributed by atoms with Crippen molar-refractivity contribution < 1.29 is 32.5 Å². The van der Waals surface area contributed by atoms with Crippen LogP contribution in [0, 0.1) is 28.8 Å². The van der Waals surface area contributed by atoms with Crippen molar-refractivity contribution in [1.82, 2.24) is 19.4 Å². The van der Waals surface area contributed by atoms with Crippen molar-refractivity contribution in [3.8, 4) is 11.8 Å². The zero-order valence-corrected chi connectivity index (χ0v) is 23.9. The van der Waals surface area contributed by atoms with E-state index in [1.807, 2.05) is 10.6 Å². The molecular formula is C30H28F3N5O4S. The molecule has 224 valence electrons. The van der Waals surface area contributed by atoms with Crippen molar-refractivity contribution in [3.63, 3.8) is 0 Å². The molecular weight excluding hydrogens is 583 g/mol. The van der Waals surface area contributed by atoms with Gasteiger partial charge in [-0.25, -0.2) is 22.9 Å². The number of imidazole rings is 1. The monoisotopic (exact) mass is 611 g/mol. The highest BCUT2D eigenvalue weighted by Crippen LogP contribution is 2.31. The molecule has 0 saturated carbocycles. The fourth-order valence-corrected chi connectivity index (χ4v) is 5.41. The number of nitrogens with zero attached hydrogens (tertiary/aromatic N) is 5. The van der Waals surface area contributed by atoms with E-state index in [0.29, 0.717) is 56.2 Å². The number of carbonyl (C=O) groups is 1. The van der Waals surface area contributed by atoms with E-state index < -0.39 is 23.4 Å². The van der Waals surface area contributed by atoms with E-state index in [0.717, 1.165) is 18.6 Å². The first-order valence-corrected chi connectivity index (χ1v) is 13.5. The summed E-state index contributed by atoms with van der Waals surface area (Å²) in [5.41, 5.74) is 1.23. The zero-order valence-electron chi connectivity index (χ0n) is 22.9. The van der Waals surface area contributed by atoms with E-state index in [1.165, 1.54) is 30.3 Å². The second-order valence-corrected chi connectivity index (χ2v) is 10.5. The Morgan fingerprint density at radius 1 is 1.09 bits per heavy atom. The fraction of sp³-hybridized carbons (Fsp3) is 0.333. The lowest BCUT2D eigenvalue weighted by Crippen LogP contribution is -2.32. The molecule has 0 spiro atoms. The minimum atomic E-state index is -1.23. The highest BCUT2D eigenvalue weighted by Gasteiger charge is 2.30. The van der Waals surface area contributed by atoms with Gasteiger partial charge in [-0.3, -0.25) is 9.88 Å². The molecule has 0 aliphatic carbocycles. The minimum absolute atomic E-state index is 0. The number of carboxylic acids is 1. The van der Waals surface area contributed by atoms with E-state index in [2.05, 4.69) is 14.9 Å². The normalized spacial score (nSPS) is 18.2. The fourth-order valence-electron chi connectivity index (χ4n) is 5.41. The van der Waals surface area contributed by atoms with Crippen LogP contribution in [0.3, 0.4) is 0 Å². The van der Waals surface area contributed by atoms with Gasteiger partial charge in [-0.2, -0.15) is 18.8 Å². The quantitative estimate of drug-likeness (QED) is 0.285. The van der Waals surface area contributed by atoms with Crippen LogP contribution >= 0.6 is 13.5 Å². The predicted molar refractivity (Wildman–Crippen MR) is 154 cm³/mol. The van der Waals surface area contributed by atoms with Gasteiger partial charge >= 0.3 is 5.97 Å². The van der Waals surface area contributed by atoms with Crippen LogP contribution in [0.2, 0.25) is 0 Å². The number of carboxylic acid groups (broad SMARTS) is 1. The van der Waals surface area contributed by atoms with Crippen LogP contribution in [0.25, 0.3) is 11.0 Å². The Bertz CT molecular complexity index is 1720. The molecule has 9 nitrogen and oxygen atoms in total. The number of aromatic nitrogens is 3. The average Bonchev–Trinajstić information content (AvgIpc) is 3.55. The summed E-state index contributed by atoms with van der Waals surface area (Å²) >= 11 is 0. The maximum absolute atomic E-state index is 14.9. The van der Waals surface area contributed by atoms with Gasteiger partial charge in [0.15, 0.2) is 17.4 Å². The number of benzene rings is 2. The Hall–Kier alpha value is -4.12. The van der Waals surface area contributed by atoms with Crippen LogP contribution in [0.15, 0.2) is 42.5 Å². The molecule has 2 aromatic heterocycles. The van der Waals surface area contributed by atoms with Crippen LogP contribution in [0.1, 0.15) is 51.9 Å². The predicted octanol–water partition coefficient (Wildman–Crippen LogP) is 4.89. The number of nitriles is 1. The summed E-state index contributed by atoms with van der Waals surface area (Å²) in [6, 6.07) is 11.0. The van der Waals surface area contributed by atoms with Crippen LogP contribution in [0.5, 0.6) is 5.75 Å². The lowest BCUT2D eigenvalue weighted by molar-refractivity contribution is -0.0591. The molecule has 1 unspecified atom stereocenters. The van der Waals surface area contributed by atoms with Gasteiger partial charge in [0.05, 0.1) is 53.3 Å². The molecule has 4 heterocycles. The highest BCUT2D eigenvalue weighted by molar-refractivity contribution is 7.59. The average molecular weight is 612 g/mol. The van der Waals surface area contributed by atoms with Crippen molar-refractivity contribution in [2.24, 2.45) is 0 Å². The number of hydrogen-bond acceptors (Lipinski definition) is 7. The number of hydrogen-bond donors (Lipinski definition) is 1. The lowest BCUT2D eigenvalue weighted by Gasteiger charge is -2.28. The van der Waals surface area contributed by atoms with E-state index in [-0.39, 0.29) is 60.2 Å². The first-order chi connectivity index (χ1) is 20.3. The third kappa shape index (κ3) is 6.31. The molecule has 2 atom stereocenters. The summed E-state index contributed by atoms with van der Waals surface area (Å²) in [7, 11) is 0. The van der Waals surface area contributed by atoms with Crippen molar-refractivity contribution in [2.45, 2.75) is 44.6 Å². The van der Waals surface area contributed by atoms with Crippen LogP contribution in [-0.4, -0.2) is 56.3 Å². The number of fused-ring (bicyclic) bond motifs is 1. The second kappa shape index (κ2) is 12.6. The van der Waals surface area contributed by atoms with Gasteiger partial charge in [-0.1, -0.05) is 0 Å². The summed E-state index contributed by atoms with van der Waals surface area (Å²) in [6.07, 6.45) is 1.40. The number of halogens is 3. The minimum Gasteiger partial charge on any atom is -0.484 e. The number of aromatic carboxylic acids is 1. The molecule has 0 radical (unpaired) electrons. The number of ether oxygens (including phenoxy) is 2. The molecule has 43 heavy (non-hydrogen) atoms. The molecule has 0 amide bonds. The first kappa shape index (κ1) is 30.3. The summed E-state index contributed by atoms with van der Waals surface area (Å²) < 4.78 is 56.9. The second-order valence-electron chi connectivity index (χ2n) is 10.5. The molecule has 2 aliphatic heterocycles. The van der Waals surface area contributed by atoms with Crippen molar-refractivity contribution in [2.75, 3.05) is 19.7 Å². The topological polar surface area (TPSA) is 114 Å². The number of pyridine rings is 1. The molecule has 2 aliphatic rings. The lowest BCUT2D eigenvalue weighted by atomic mass is 10.0. The summed E-state index contributed by atoms with van der Waals surface area (Å²) in [5, 5.41) is 18.3. The smallest absolute Gasteiger partial charge is 0.335 e. The summed E-state index contributed by atoms with van der Waals surface area (Å²) in [6.45, 7) is 2.43. The van der Waals surface area contributed by atoms with Gasteiger partial charge in [0, 0.05) is 19.1 Å². The van der Waals surface area contributed by atoms with E-state index in [4.69, 9.17) is 14.7 Å². The Morgan fingerprint density at radius 3 is 2.60 bits per heavy atom. The molecule has 2 fully saturated rings. The Labute approximate surface area is 251 Å². The molecule has 2 saturated heterocycles.